The van der Waals surface area contributed by atoms with Crippen LogP contribution in [0.15, 0.2) is 40.8 Å². The SMILES string of the molecule is COC(=O)c1ccc(CNCCc2ccc(F)cc2)o1. The van der Waals surface area contributed by atoms with Gasteiger partial charge in [0.05, 0.1) is 13.7 Å². The van der Waals surface area contributed by atoms with Crippen LogP contribution in [0.25, 0.3) is 0 Å². The zero-order chi connectivity index (χ0) is 14.4. The first-order valence-electron chi connectivity index (χ1n) is 6.31. The van der Waals surface area contributed by atoms with Gasteiger partial charge in [-0.25, -0.2) is 9.18 Å². The van der Waals surface area contributed by atoms with Gasteiger partial charge in [0.15, 0.2) is 0 Å². The first kappa shape index (κ1) is 14.3. The van der Waals surface area contributed by atoms with E-state index in [1.54, 1.807) is 24.3 Å². The number of rotatable bonds is 6. The number of carbonyl (C=O) groups is 1. The van der Waals surface area contributed by atoms with E-state index in [2.05, 4.69) is 10.1 Å². The van der Waals surface area contributed by atoms with Gasteiger partial charge in [0, 0.05) is 0 Å². The molecule has 0 unspecified atom stereocenters. The summed E-state index contributed by atoms with van der Waals surface area (Å²) in [6.45, 7) is 1.26. The number of esters is 1. The van der Waals surface area contributed by atoms with E-state index in [-0.39, 0.29) is 11.6 Å². The largest absolute Gasteiger partial charge is 0.463 e. The molecule has 0 amide bonds. The van der Waals surface area contributed by atoms with Crippen molar-refractivity contribution < 1.29 is 18.3 Å². The van der Waals surface area contributed by atoms with Crippen LogP contribution in [0, 0.1) is 5.82 Å². The molecule has 2 rings (SSSR count). The maximum absolute atomic E-state index is 12.7. The lowest BCUT2D eigenvalue weighted by Crippen LogP contribution is -2.16. The lowest BCUT2D eigenvalue weighted by molar-refractivity contribution is 0.0563. The van der Waals surface area contributed by atoms with Crippen LogP contribution in [0.3, 0.4) is 0 Å². The monoisotopic (exact) mass is 277 g/mol. The van der Waals surface area contributed by atoms with Crippen molar-refractivity contribution in [2.75, 3.05) is 13.7 Å². The zero-order valence-corrected chi connectivity index (χ0v) is 11.2. The molecular weight excluding hydrogens is 261 g/mol. The highest BCUT2D eigenvalue weighted by Gasteiger charge is 2.10. The van der Waals surface area contributed by atoms with E-state index < -0.39 is 5.97 Å². The number of carbonyl (C=O) groups excluding carboxylic acids is 1. The molecule has 0 saturated heterocycles. The molecule has 0 bridgehead atoms. The summed E-state index contributed by atoms with van der Waals surface area (Å²) >= 11 is 0. The lowest BCUT2D eigenvalue weighted by atomic mass is 10.1. The Balaban J connectivity index is 1.74. The van der Waals surface area contributed by atoms with Gasteiger partial charge in [-0.2, -0.15) is 0 Å². The van der Waals surface area contributed by atoms with E-state index in [1.165, 1.54) is 19.2 Å². The van der Waals surface area contributed by atoms with Crippen LogP contribution in [-0.2, 0) is 17.7 Å². The molecule has 0 saturated carbocycles. The lowest BCUT2D eigenvalue weighted by Gasteiger charge is -2.03. The Bertz CT molecular complexity index is 563. The van der Waals surface area contributed by atoms with Crippen LogP contribution in [0.4, 0.5) is 4.39 Å². The number of furan rings is 1. The van der Waals surface area contributed by atoms with E-state index in [9.17, 15) is 9.18 Å². The smallest absolute Gasteiger partial charge is 0.373 e. The maximum atomic E-state index is 12.7. The second kappa shape index (κ2) is 6.86. The fourth-order valence-corrected chi connectivity index (χ4v) is 1.78. The summed E-state index contributed by atoms with van der Waals surface area (Å²) in [5.74, 6) is 0.155. The molecule has 1 heterocycles. The van der Waals surface area contributed by atoms with Crippen LogP contribution in [0.5, 0.6) is 0 Å². The molecule has 0 atom stereocenters. The Morgan fingerprint density at radius 2 is 2.00 bits per heavy atom. The van der Waals surface area contributed by atoms with E-state index in [0.29, 0.717) is 12.3 Å². The van der Waals surface area contributed by atoms with Crippen molar-refractivity contribution in [1.29, 1.82) is 0 Å². The van der Waals surface area contributed by atoms with Gasteiger partial charge in [-0.3, -0.25) is 0 Å². The second-order valence-electron chi connectivity index (χ2n) is 4.31. The number of methoxy groups -OCH3 is 1. The van der Waals surface area contributed by atoms with Crippen molar-refractivity contribution in [3.05, 3.63) is 59.3 Å². The molecule has 0 aliphatic rings. The highest BCUT2D eigenvalue weighted by atomic mass is 19.1. The predicted molar refractivity (Wildman–Crippen MR) is 71.9 cm³/mol. The average molecular weight is 277 g/mol. The van der Waals surface area contributed by atoms with Crippen molar-refractivity contribution in [2.45, 2.75) is 13.0 Å². The highest BCUT2D eigenvalue weighted by molar-refractivity contribution is 5.86. The second-order valence-corrected chi connectivity index (χ2v) is 4.31. The van der Waals surface area contributed by atoms with Crippen molar-refractivity contribution in [1.82, 2.24) is 5.32 Å². The minimum atomic E-state index is -0.484. The van der Waals surface area contributed by atoms with Gasteiger partial charge in [0.2, 0.25) is 5.76 Å². The average Bonchev–Trinajstić information content (AvgIpc) is 2.93. The molecule has 2 aromatic rings. The van der Waals surface area contributed by atoms with E-state index in [4.69, 9.17) is 4.42 Å². The van der Waals surface area contributed by atoms with Crippen LogP contribution in [0.2, 0.25) is 0 Å². The van der Waals surface area contributed by atoms with Crippen molar-refractivity contribution in [3.63, 3.8) is 0 Å². The summed E-state index contributed by atoms with van der Waals surface area (Å²) in [4.78, 5) is 11.2. The number of halogens is 1. The van der Waals surface area contributed by atoms with Crippen molar-refractivity contribution >= 4 is 5.97 Å². The standard InChI is InChI=1S/C15H16FNO3/c1-19-15(18)14-7-6-13(20-14)10-17-9-8-11-2-4-12(16)5-3-11/h2-7,17H,8-10H2,1H3. The van der Waals surface area contributed by atoms with Crippen LogP contribution in [0.1, 0.15) is 21.9 Å². The Hall–Kier alpha value is -2.14. The number of hydrogen-bond acceptors (Lipinski definition) is 4. The molecule has 0 spiro atoms. The maximum Gasteiger partial charge on any atom is 0.373 e. The number of nitrogens with one attached hydrogen (secondary N) is 1. The fourth-order valence-electron chi connectivity index (χ4n) is 1.78. The van der Waals surface area contributed by atoms with E-state index in [1.807, 2.05) is 0 Å². The summed E-state index contributed by atoms with van der Waals surface area (Å²) in [5, 5.41) is 3.20. The molecule has 1 aromatic carbocycles. The van der Waals surface area contributed by atoms with Crippen molar-refractivity contribution in [3.8, 4) is 0 Å². The molecule has 5 heteroatoms. The third-order valence-corrected chi connectivity index (χ3v) is 2.85. The van der Waals surface area contributed by atoms with E-state index >= 15 is 0 Å². The predicted octanol–water partition coefficient (Wildman–Crippen LogP) is 2.54. The van der Waals surface area contributed by atoms with Gasteiger partial charge in [-0.1, -0.05) is 12.1 Å². The molecule has 0 aliphatic carbocycles. The summed E-state index contributed by atoms with van der Waals surface area (Å²) in [6.07, 6.45) is 0.796. The Kier molecular flexibility index (Phi) is 4.90. The molecule has 0 fully saturated rings. The third kappa shape index (κ3) is 3.93. The number of hydrogen-bond donors (Lipinski definition) is 1. The first-order chi connectivity index (χ1) is 9.69. The van der Waals surface area contributed by atoms with Gasteiger partial charge in [-0.15, -0.1) is 0 Å². The Morgan fingerprint density at radius 1 is 1.25 bits per heavy atom. The molecule has 0 radical (unpaired) electrons. The van der Waals surface area contributed by atoms with Gasteiger partial charge >= 0.3 is 5.97 Å². The zero-order valence-electron chi connectivity index (χ0n) is 11.2. The Labute approximate surface area is 116 Å². The van der Waals surface area contributed by atoms with Gasteiger partial charge in [0.25, 0.3) is 0 Å². The fraction of sp³-hybridized carbons (Fsp3) is 0.267. The summed E-state index contributed by atoms with van der Waals surface area (Å²) < 4.78 is 22.6. The molecule has 1 N–H and O–H groups in total. The molecule has 106 valence electrons. The van der Waals surface area contributed by atoms with Gasteiger partial charge < -0.3 is 14.5 Å². The van der Waals surface area contributed by atoms with Gasteiger partial charge in [0.1, 0.15) is 11.6 Å². The quantitative estimate of drug-likeness (QED) is 0.651. The number of ether oxygens (including phenoxy) is 1. The summed E-state index contributed by atoms with van der Waals surface area (Å²) in [5.41, 5.74) is 1.06. The van der Waals surface area contributed by atoms with Crippen LogP contribution in [-0.4, -0.2) is 19.6 Å². The minimum Gasteiger partial charge on any atom is -0.463 e. The van der Waals surface area contributed by atoms with Crippen LogP contribution < -0.4 is 5.32 Å². The molecule has 20 heavy (non-hydrogen) atoms. The first-order valence-corrected chi connectivity index (χ1v) is 6.31. The molecular formula is C15H16FNO3. The normalized spacial score (nSPS) is 10.5. The number of benzene rings is 1. The van der Waals surface area contributed by atoms with Crippen molar-refractivity contribution in [2.24, 2.45) is 0 Å². The minimum absolute atomic E-state index is 0.197. The highest BCUT2D eigenvalue weighted by Crippen LogP contribution is 2.09. The molecule has 0 aliphatic heterocycles. The third-order valence-electron chi connectivity index (χ3n) is 2.85. The molecule has 1 aromatic heterocycles. The van der Waals surface area contributed by atoms with E-state index in [0.717, 1.165) is 18.5 Å². The summed E-state index contributed by atoms with van der Waals surface area (Å²) in [6, 6.07) is 9.74. The topological polar surface area (TPSA) is 51.5 Å². The van der Waals surface area contributed by atoms with Gasteiger partial charge in [-0.05, 0) is 42.8 Å². The Morgan fingerprint density at radius 3 is 2.70 bits per heavy atom. The molecule has 4 nitrogen and oxygen atoms in total. The van der Waals surface area contributed by atoms with Crippen LogP contribution >= 0.6 is 0 Å². The summed E-state index contributed by atoms with van der Waals surface area (Å²) in [7, 11) is 1.31.